The number of nitrogens with two attached hydrogens (primary N) is 1. The number of hydrogen-bond acceptors (Lipinski definition) is 6. The molecule has 3 rings (SSSR count). The molecule has 2 aromatic rings. The van der Waals surface area contributed by atoms with Crippen LogP contribution >= 0.6 is 0 Å². The third-order valence-corrected chi connectivity index (χ3v) is 3.84. The Hall–Kier alpha value is -1.82. The van der Waals surface area contributed by atoms with Crippen molar-refractivity contribution < 1.29 is 9.74 Å². The number of rotatable bonds is 4. The van der Waals surface area contributed by atoms with E-state index in [4.69, 9.17) is 10.4 Å². The summed E-state index contributed by atoms with van der Waals surface area (Å²) in [7, 11) is 0. The molecule has 0 bridgehead atoms. The van der Waals surface area contributed by atoms with Gasteiger partial charge >= 0.3 is 0 Å². The van der Waals surface area contributed by atoms with Gasteiger partial charge in [-0.25, -0.2) is 4.63 Å². The molecule has 6 nitrogen and oxygen atoms in total. The maximum atomic E-state index is 9.31. The van der Waals surface area contributed by atoms with Crippen LogP contribution in [-0.2, 0) is 0 Å². The van der Waals surface area contributed by atoms with E-state index in [9.17, 15) is 5.11 Å². The standard InChI is InChI=1S/C13H18N4O2/c14-10-5-6-11(13-12(10)15-19-16-13)17(7-8-18)9-3-1-2-4-9/h5-6,9,18H,1-4,7-8,14H2. The average molecular weight is 262 g/mol. The minimum atomic E-state index is 0.119. The normalized spacial score (nSPS) is 16.3. The number of hydrogen-bond donors (Lipinski definition) is 2. The molecule has 0 aliphatic heterocycles. The molecule has 0 amide bonds. The second-order valence-corrected chi connectivity index (χ2v) is 4.99. The first-order valence-electron chi connectivity index (χ1n) is 6.69. The maximum Gasteiger partial charge on any atom is 0.160 e. The third kappa shape index (κ3) is 2.12. The predicted octanol–water partition coefficient (Wildman–Crippen LogP) is 1.55. The molecule has 102 valence electrons. The molecule has 0 unspecified atom stereocenters. The maximum absolute atomic E-state index is 9.31. The number of anilines is 2. The van der Waals surface area contributed by atoms with Crippen molar-refractivity contribution in [2.75, 3.05) is 23.8 Å². The van der Waals surface area contributed by atoms with E-state index in [1.54, 1.807) is 0 Å². The van der Waals surface area contributed by atoms with Crippen molar-refractivity contribution in [1.82, 2.24) is 10.3 Å². The fourth-order valence-corrected chi connectivity index (χ4v) is 2.93. The SMILES string of the molecule is Nc1ccc(N(CCO)C2CCCC2)c2nonc12. The van der Waals surface area contributed by atoms with Gasteiger partial charge in [-0.1, -0.05) is 12.8 Å². The quantitative estimate of drug-likeness (QED) is 0.813. The summed E-state index contributed by atoms with van der Waals surface area (Å²) < 4.78 is 4.81. The Bertz CT molecular complexity index is 563. The first-order valence-corrected chi connectivity index (χ1v) is 6.69. The highest BCUT2D eigenvalue weighted by molar-refractivity contribution is 5.95. The Morgan fingerprint density at radius 1 is 1.26 bits per heavy atom. The van der Waals surface area contributed by atoms with Crippen molar-refractivity contribution >= 4 is 22.4 Å². The second-order valence-electron chi connectivity index (χ2n) is 4.99. The lowest BCUT2D eigenvalue weighted by molar-refractivity contribution is 0.297. The Kier molecular flexibility index (Phi) is 3.25. The van der Waals surface area contributed by atoms with Gasteiger partial charge in [-0.3, -0.25) is 0 Å². The molecule has 1 saturated carbocycles. The zero-order valence-electron chi connectivity index (χ0n) is 10.7. The fourth-order valence-electron chi connectivity index (χ4n) is 2.93. The highest BCUT2D eigenvalue weighted by Gasteiger charge is 2.25. The minimum Gasteiger partial charge on any atom is -0.397 e. The van der Waals surface area contributed by atoms with E-state index in [0.29, 0.717) is 29.3 Å². The molecule has 1 aromatic carbocycles. The van der Waals surface area contributed by atoms with Crippen LogP contribution in [-0.4, -0.2) is 34.6 Å². The van der Waals surface area contributed by atoms with Crippen LogP contribution in [0.15, 0.2) is 16.8 Å². The largest absolute Gasteiger partial charge is 0.397 e. The van der Waals surface area contributed by atoms with Crippen molar-refractivity contribution in [1.29, 1.82) is 0 Å². The summed E-state index contributed by atoms with van der Waals surface area (Å²) in [6.07, 6.45) is 4.78. The van der Waals surface area contributed by atoms with Crippen LogP contribution in [0.2, 0.25) is 0 Å². The number of aliphatic hydroxyl groups excluding tert-OH is 1. The van der Waals surface area contributed by atoms with E-state index in [1.807, 2.05) is 12.1 Å². The second kappa shape index (κ2) is 5.05. The van der Waals surface area contributed by atoms with Crippen LogP contribution in [0.5, 0.6) is 0 Å². The van der Waals surface area contributed by atoms with Crippen molar-refractivity contribution in [2.45, 2.75) is 31.7 Å². The van der Waals surface area contributed by atoms with Crippen molar-refractivity contribution in [2.24, 2.45) is 0 Å². The van der Waals surface area contributed by atoms with Crippen LogP contribution in [0.4, 0.5) is 11.4 Å². The van der Waals surface area contributed by atoms with Gasteiger partial charge in [0, 0.05) is 12.6 Å². The van der Waals surface area contributed by atoms with Gasteiger partial charge in [0.2, 0.25) is 0 Å². The molecule has 19 heavy (non-hydrogen) atoms. The van der Waals surface area contributed by atoms with Gasteiger partial charge in [0.25, 0.3) is 0 Å². The van der Waals surface area contributed by atoms with Crippen LogP contribution < -0.4 is 10.6 Å². The van der Waals surface area contributed by atoms with Gasteiger partial charge in [-0.05, 0) is 35.3 Å². The number of benzene rings is 1. The summed E-state index contributed by atoms with van der Waals surface area (Å²) in [6, 6.07) is 4.22. The first kappa shape index (κ1) is 12.2. The molecule has 3 N–H and O–H groups in total. The molecule has 0 spiro atoms. The zero-order chi connectivity index (χ0) is 13.2. The average Bonchev–Trinajstić information content (AvgIpc) is 3.08. The smallest absolute Gasteiger partial charge is 0.160 e. The van der Waals surface area contributed by atoms with E-state index in [1.165, 1.54) is 12.8 Å². The minimum absolute atomic E-state index is 0.119. The Balaban J connectivity index is 2.04. The number of nitrogens with zero attached hydrogens (tertiary/aromatic N) is 3. The summed E-state index contributed by atoms with van der Waals surface area (Å²) in [5.74, 6) is 0. The molecule has 1 aliphatic carbocycles. The summed E-state index contributed by atoms with van der Waals surface area (Å²) in [5.41, 5.74) is 8.66. The highest BCUT2D eigenvalue weighted by atomic mass is 16.6. The van der Waals surface area contributed by atoms with Crippen molar-refractivity contribution in [3.8, 4) is 0 Å². The van der Waals surface area contributed by atoms with E-state index in [2.05, 4.69) is 15.2 Å². The molecule has 6 heteroatoms. The summed E-state index contributed by atoms with van der Waals surface area (Å²) in [4.78, 5) is 2.21. The molecule has 1 heterocycles. The lowest BCUT2D eigenvalue weighted by Gasteiger charge is -2.30. The van der Waals surface area contributed by atoms with Gasteiger partial charge in [-0.15, -0.1) is 0 Å². The lowest BCUT2D eigenvalue weighted by atomic mass is 10.1. The first-order chi connectivity index (χ1) is 9.31. The lowest BCUT2D eigenvalue weighted by Crippen LogP contribution is -2.35. The molecule has 0 radical (unpaired) electrons. The van der Waals surface area contributed by atoms with Crippen LogP contribution in [0.25, 0.3) is 11.0 Å². The van der Waals surface area contributed by atoms with Crippen molar-refractivity contribution in [3.05, 3.63) is 12.1 Å². The van der Waals surface area contributed by atoms with Crippen LogP contribution in [0, 0.1) is 0 Å². The van der Waals surface area contributed by atoms with Crippen LogP contribution in [0.1, 0.15) is 25.7 Å². The highest BCUT2D eigenvalue weighted by Crippen LogP contribution is 2.33. The van der Waals surface area contributed by atoms with Crippen LogP contribution in [0.3, 0.4) is 0 Å². The molecule has 1 fully saturated rings. The summed E-state index contributed by atoms with van der Waals surface area (Å²) >= 11 is 0. The summed E-state index contributed by atoms with van der Waals surface area (Å²) in [6.45, 7) is 0.712. The Labute approximate surface area is 111 Å². The van der Waals surface area contributed by atoms with E-state index in [0.717, 1.165) is 18.5 Å². The van der Waals surface area contributed by atoms with Gasteiger partial charge < -0.3 is 15.7 Å². The summed E-state index contributed by atoms with van der Waals surface area (Å²) in [5, 5.41) is 17.1. The van der Waals surface area contributed by atoms with Gasteiger partial charge in [0.1, 0.15) is 0 Å². The number of aliphatic hydroxyl groups is 1. The van der Waals surface area contributed by atoms with Gasteiger partial charge in [0.15, 0.2) is 11.0 Å². The predicted molar refractivity (Wildman–Crippen MR) is 72.9 cm³/mol. The third-order valence-electron chi connectivity index (χ3n) is 3.84. The molecular formula is C13H18N4O2. The number of fused-ring (bicyclic) bond motifs is 1. The molecule has 0 atom stereocenters. The fraction of sp³-hybridized carbons (Fsp3) is 0.538. The van der Waals surface area contributed by atoms with E-state index < -0.39 is 0 Å². The van der Waals surface area contributed by atoms with E-state index >= 15 is 0 Å². The molecule has 0 saturated heterocycles. The monoisotopic (exact) mass is 262 g/mol. The molecule has 1 aliphatic rings. The van der Waals surface area contributed by atoms with Gasteiger partial charge in [-0.2, -0.15) is 0 Å². The van der Waals surface area contributed by atoms with E-state index in [-0.39, 0.29) is 6.61 Å². The zero-order valence-corrected chi connectivity index (χ0v) is 10.7. The number of aromatic nitrogens is 2. The number of nitrogen functional groups attached to an aromatic ring is 1. The molecule has 1 aromatic heterocycles. The van der Waals surface area contributed by atoms with Gasteiger partial charge in [0.05, 0.1) is 18.0 Å². The Morgan fingerprint density at radius 3 is 2.74 bits per heavy atom. The van der Waals surface area contributed by atoms with Crippen molar-refractivity contribution in [3.63, 3.8) is 0 Å². The Morgan fingerprint density at radius 2 is 2.00 bits per heavy atom. The topological polar surface area (TPSA) is 88.4 Å². The molecular weight excluding hydrogens is 244 g/mol.